The fourth-order valence-corrected chi connectivity index (χ4v) is 36.1. The first-order valence-electron chi connectivity index (χ1n) is 13.8. The van der Waals surface area contributed by atoms with E-state index in [1.165, 1.54) is 0 Å². The molecule has 0 N–H and O–H groups in total. The quantitative estimate of drug-likeness (QED) is 0.208. The number of benzene rings is 2. The third-order valence-corrected chi connectivity index (χ3v) is 29.2. The first-order chi connectivity index (χ1) is 17.5. The molecule has 0 radical (unpaired) electrons. The highest BCUT2D eigenvalue weighted by molar-refractivity contribution is 7.02. The lowest BCUT2D eigenvalue weighted by Crippen LogP contribution is -2.73. The molecule has 0 amide bonds. The number of hydrogen-bond acceptors (Lipinski definition) is 6. The maximum atomic E-state index is 7.46. The zero-order chi connectivity index (χ0) is 30.0. The molecule has 39 heavy (non-hydrogen) atoms. The molecule has 0 aromatic heterocycles. The van der Waals surface area contributed by atoms with Crippen LogP contribution in [0.25, 0.3) is 0 Å². The molecule has 0 aliphatic carbocycles. The van der Waals surface area contributed by atoms with Crippen LogP contribution in [0.4, 0.5) is 0 Å². The summed E-state index contributed by atoms with van der Waals surface area (Å²) in [5.74, 6) is 0. The van der Waals surface area contributed by atoms with Gasteiger partial charge in [-0.05, 0) is 95.5 Å². The van der Waals surface area contributed by atoms with Crippen LogP contribution in [0.5, 0.6) is 0 Å². The summed E-state index contributed by atoms with van der Waals surface area (Å²) in [6.07, 6.45) is 0. The smallest absolute Gasteiger partial charge is 0.437 e. The molecule has 2 rings (SSSR count). The molecule has 2 aromatic carbocycles. The zero-order valence-electron chi connectivity index (χ0n) is 26.7. The molecule has 0 heterocycles. The molecule has 220 valence electrons. The van der Waals surface area contributed by atoms with Crippen LogP contribution in [0.2, 0.25) is 91.7 Å². The third-order valence-electron chi connectivity index (χ3n) is 5.05. The van der Waals surface area contributed by atoms with Gasteiger partial charge in [-0.1, -0.05) is 60.7 Å². The van der Waals surface area contributed by atoms with Crippen LogP contribution in [-0.4, -0.2) is 59.4 Å². The lowest BCUT2D eigenvalue weighted by atomic mass is 10.4. The summed E-state index contributed by atoms with van der Waals surface area (Å²) < 4.78 is 42.1. The van der Waals surface area contributed by atoms with E-state index in [1.54, 1.807) is 0 Å². The summed E-state index contributed by atoms with van der Waals surface area (Å²) in [6, 6.07) is 20.8. The Kier molecular flexibility index (Phi) is 11.2. The van der Waals surface area contributed by atoms with E-state index in [0.717, 1.165) is 10.4 Å². The van der Waals surface area contributed by atoms with E-state index in [4.69, 9.17) is 24.7 Å². The van der Waals surface area contributed by atoms with Gasteiger partial charge in [0.1, 0.15) is 0 Å². The molecule has 13 heteroatoms. The summed E-state index contributed by atoms with van der Waals surface area (Å²) in [5, 5.41) is 2.08. The molecular weight excluding hydrogens is 605 g/mol. The molecule has 6 nitrogen and oxygen atoms in total. The second kappa shape index (κ2) is 12.5. The second-order valence-electron chi connectivity index (χ2n) is 14.0. The minimum atomic E-state index is -3.44. The van der Waals surface area contributed by atoms with Crippen LogP contribution in [0, 0.1) is 0 Å². The molecule has 0 fully saturated rings. The van der Waals surface area contributed by atoms with E-state index in [0.29, 0.717) is 0 Å². The Bertz CT molecular complexity index is 979. The van der Waals surface area contributed by atoms with Crippen molar-refractivity contribution in [2.45, 2.75) is 91.7 Å². The van der Waals surface area contributed by atoms with Gasteiger partial charge in [0.15, 0.2) is 25.0 Å². The van der Waals surface area contributed by atoms with Gasteiger partial charge in [-0.3, -0.25) is 0 Å². The van der Waals surface area contributed by atoms with Crippen molar-refractivity contribution in [1.82, 2.24) is 0 Å². The van der Waals surface area contributed by atoms with Crippen molar-refractivity contribution in [3.8, 4) is 0 Å². The van der Waals surface area contributed by atoms with Crippen molar-refractivity contribution in [3.63, 3.8) is 0 Å². The van der Waals surface area contributed by atoms with Crippen molar-refractivity contribution < 1.29 is 24.7 Å². The third kappa shape index (κ3) is 11.9. The minimum Gasteiger partial charge on any atom is -0.437 e. The monoisotopic (exact) mass is 656 g/mol. The number of hydrogen-bond donors (Lipinski definition) is 0. The zero-order valence-corrected chi connectivity index (χ0v) is 33.7. The predicted octanol–water partition coefficient (Wildman–Crippen LogP) is 6.82. The molecule has 0 bridgehead atoms. The van der Waals surface area contributed by atoms with Gasteiger partial charge < -0.3 is 24.7 Å². The van der Waals surface area contributed by atoms with E-state index >= 15 is 0 Å². The van der Waals surface area contributed by atoms with Crippen molar-refractivity contribution in [1.29, 1.82) is 0 Å². The largest absolute Gasteiger partial charge is 0.471 e. The van der Waals surface area contributed by atoms with Gasteiger partial charge in [0.25, 0.3) is 0 Å². The van der Waals surface area contributed by atoms with Crippen molar-refractivity contribution in [2.75, 3.05) is 0 Å². The molecule has 0 spiro atoms. The molecule has 0 atom stereocenters. The van der Waals surface area contributed by atoms with Gasteiger partial charge in [0, 0.05) is 6.55 Å². The fourth-order valence-electron chi connectivity index (χ4n) is 4.90. The van der Waals surface area contributed by atoms with Crippen LogP contribution in [0.3, 0.4) is 0 Å². The molecule has 0 aliphatic heterocycles. The molecule has 0 saturated carbocycles. The standard InChI is InChI=1S/C26H52O6Si7/c1-33(2,3)27-36(10,11)30-38(14,31-37(12,13)28-34(4,5)6)32-39(29-35(7,8)9,25-21-17-15-18-22-25)26-23-19-16-20-24-26/h15-24H,1-14H3. The Morgan fingerprint density at radius 1 is 0.359 bits per heavy atom. The first-order valence-corrected chi connectivity index (χ1v) is 33.7. The Morgan fingerprint density at radius 2 is 0.667 bits per heavy atom. The fraction of sp³-hybridized carbons (Fsp3) is 0.538. The van der Waals surface area contributed by atoms with E-state index in [1.807, 2.05) is 18.7 Å². The van der Waals surface area contributed by atoms with Crippen LogP contribution >= 0.6 is 0 Å². The topological polar surface area (TPSA) is 55.4 Å². The molecule has 0 unspecified atom stereocenters. The summed E-state index contributed by atoms with van der Waals surface area (Å²) in [5.41, 5.74) is 0. The normalized spacial score (nSPS) is 14.5. The lowest BCUT2D eigenvalue weighted by molar-refractivity contribution is 0.203. The molecular formula is C26H52O6Si7. The highest BCUT2D eigenvalue weighted by atomic mass is 28.5. The highest BCUT2D eigenvalue weighted by Crippen LogP contribution is 2.30. The Hall–Kier alpha value is -0.282. The van der Waals surface area contributed by atoms with Gasteiger partial charge in [-0.15, -0.1) is 0 Å². The highest BCUT2D eigenvalue weighted by Gasteiger charge is 2.57. The average molecular weight is 657 g/mol. The molecule has 2 aromatic rings. The summed E-state index contributed by atoms with van der Waals surface area (Å²) in [7, 11) is -18.0. The van der Waals surface area contributed by atoms with E-state index in [9.17, 15) is 0 Å². The van der Waals surface area contributed by atoms with Gasteiger partial charge in [-0.2, -0.15) is 0 Å². The minimum absolute atomic E-state index is 1.04. The van der Waals surface area contributed by atoms with Crippen LogP contribution in [0.1, 0.15) is 0 Å². The maximum Gasteiger partial charge on any atom is 0.471 e. The van der Waals surface area contributed by atoms with E-state index in [2.05, 4.69) is 134 Å². The SMILES string of the molecule is C[Si](C)(C)O[Si](C)(C)O[Si](C)(O[Si](C)(C)O[Si](C)(C)C)O[Si](O[Si](C)(C)C)(c1ccccc1)c1ccccc1. The van der Waals surface area contributed by atoms with Gasteiger partial charge in [-0.25, -0.2) is 0 Å². The average Bonchev–Trinajstić information content (AvgIpc) is 2.68. The van der Waals surface area contributed by atoms with E-state index < -0.39 is 59.4 Å². The second-order valence-corrected chi connectivity index (χ2v) is 41.2. The predicted molar refractivity (Wildman–Crippen MR) is 181 cm³/mol. The van der Waals surface area contributed by atoms with Gasteiger partial charge in [0.2, 0.25) is 0 Å². The maximum absolute atomic E-state index is 7.46. The summed E-state index contributed by atoms with van der Waals surface area (Å²) in [4.78, 5) is 0. The van der Waals surface area contributed by atoms with Crippen molar-refractivity contribution in [2.24, 2.45) is 0 Å². The van der Waals surface area contributed by atoms with E-state index in [-0.39, 0.29) is 0 Å². The van der Waals surface area contributed by atoms with Gasteiger partial charge in [0.05, 0.1) is 0 Å². The molecule has 0 aliphatic rings. The Labute approximate surface area is 245 Å². The first kappa shape index (κ1) is 34.9. The Balaban J connectivity index is 2.78. The summed E-state index contributed by atoms with van der Waals surface area (Å²) >= 11 is 0. The van der Waals surface area contributed by atoms with Gasteiger partial charge >= 0.3 is 34.5 Å². The van der Waals surface area contributed by atoms with Crippen molar-refractivity contribution in [3.05, 3.63) is 60.7 Å². The molecule has 0 saturated heterocycles. The summed E-state index contributed by atoms with van der Waals surface area (Å²) in [6.45, 7) is 30.2. The van der Waals surface area contributed by atoms with Crippen LogP contribution < -0.4 is 10.4 Å². The lowest BCUT2D eigenvalue weighted by Gasteiger charge is -2.47. The van der Waals surface area contributed by atoms with Crippen LogP contribution in [0.15, 0.2) is 60.7 Å². The van der Waals surface area contributed by atoms with Crippen molar-refractivity contribution >= 4 is 69.8 Å². The van der Waals surface area contributed by atoms with Crippen LogP contribution in [-0.2, 0) is 24.7 Å². The number of rotatable bonds is 14. The Morgan fingerprint density at radius 3 is 0.949 bits per heavy atom.